The van der Waals surface area contributed by atoms with E-state index >= 15 is 0 Å². The summed E-state index contributed by atoms with van der Waals surface area (Å²) in [5, 5.41) is 11.5. The average molecular weight is 730 g/mol. The molecular formula is C35H37Cl2F3N8O2. The molecule has 15 heteroatoms. The van der Waals surface area contributed by atoms with Gasteiger partial charge in [-0.3, -0.25) is 4.79 Å². The number of halogens is 5. The predicted molar refractivity (Wildman–Crippen MR) is 188 cm³/mol. The summed E-state index contributed by atoms with van der Waals surface area (Å²) in [4.78, 5) is 24.5. The molecular weight excluding hydrogens is 692 g/mol. The van der Waals surface area contributed by atoms with Gasteiger partial charge in [-0.05, 0) is 74.0 Å². The van der Waals surface area contributed by atoms with Gasteiger partial charge >= 0.3 is 6.18 Å². The Hall–Kier alpha value is -4.33. The number of likely N-dealkylation sites (N-methyl/N-ethyl adjacent to an activating group) is 1. The van der Waals surface area contributed by atoms with Crippen molar-refractivity contribution in [2.24, 2.45) is 0 Å². The normalized spacial score (nSPS) is 14.9. The van der Waals surface area contributed by atoms with Crippen LogP contribution in [0, 0.1) is 0 Å². The molecule has 0 bridgehead atoms. The smallest absolute Gasteiger partial charge is 0.406 e. The molecule has 1 saturated heterocycles. The Bertz CT molecular complexity index is 1940. The van der Waals surface area contributed by atoms with Crippen molar-refractivity contribution in [3.63, 3.8) is 0 Å². The lowest BCUT2D eigenvalue weighted by molar-refractivity contribution is -0.139. The van der Waals surface area contributed by atoms with E-state index in [-0.39, 0.29) is 11.8 Å². The number of nitrogens with zero attached hydrogens (tertiary/aromatic N) is 7. The molecule has 0 spiro atoms. The summed E-state index contributed by atoms with van der Waals surface area (Å²) in [7, 11) is 3.28. The molecule has 50 heavy (non-hydrogen) atoms. The lowest BCUT2D eigenvalue weighted by Crippen LogP contribution is -2.35. The Labute approximate surface area is 297 Å². The Morgan fingerprint density at radius 2 is 1.86 bits per heavy atom. The number of rotatable bonds is 11. The van der Waals surface area contributed by atoms with Gasteiger partial charge in [0.05, 0.1) is 39.9 Å². The zero-order valence-corrected chi connectivity index (χ0v) is 29.1. The Kier molecular flexibility index (Phi) is 10.8. The third kappa shape index (κ3) is 8.17. The lowest BCUT2D eigenvalue weighted by atomic mass is 9.94. The first-order valence-corrected chi connectivity index (χ1v) is 17.0. The second-order valence-electron chi connectivity index (χ2n) is 12.4. The van der Waals surface area contributed by atoms with Crippen LogP contribution in [0.2, 0.25) is 10.0 Å². The molecule has 1 aliphatic rings. The number of ether oxygens (including phenoxy) is 1. The lowest BCUT2D eigenvalue weighted by Gasteiger charge is -2.28. The van der Waals surface area contributed by atoms with Crippen LogP contribution in [0.3, 0.4) is 0 Å². The van der Waals surface area contributed by atoms with Crippen LogP contribution in [0.1, 0.15) is 34.7 Å². The van der Waals surface area contributed by atoms with Crippen molar-refractivity contribution in [3.05, 3.63) is 88.0 Å². The standard InChI is InChI=1S/C35H37Cl2F3N8O2/c1-45(33(49)26-18-24(9-11-32(26)50-2)30-20-41-44-43-30)21-25(23-8-10-27(36)28(37)19-23)12-15-46-13-5-14-47(17-16-46)34-42-29-6-3-4-7-31(29)48(34)22-35(38,39)40/h3-4,6-11,18-20,25H,5,12-17,21-22H2,1-2H3,(H,41,43,44). The first-order valence-electron chi connectivity index (χ1n) is 16.2. The highest BCUT2D eigenvalue weighted by atomic mass is 35.5. The van der Waals surface area contributed by atoms with E-state index in [1.54, 1.807) is 60.6 Å². The van der Waals surface area contributed by atoms with Crippen LogP contribution in [0.5, 0.6) is 5.75 Å². The fraction of sp³-hybridized carbons (Fsp3) is 0.371. The SMILES string of the molecule is COc1ccc(-c2cn[nH]n2)cc1C(=O)N(C)CC(CCN1CCCN(c2nc3ccccc3n2CC(F)(F)F)CC1)c1ccc(Cl)c(Cl)c1. The number of para-hydroxylation sites is 2. The van der Waals surface area contributed by atoms with E-state index in [1.807, 2.05) is 23.1 Å². The van der Waals surface area contributed by atoms with Crippen LogP contribution in [-0.4, -0.2) is 100 Å². The van der Waals surface area contributed by atoms with Crippen LogP contribution in [0.15, 0.2) is 66.9 Å². The summed E-state index contributed by atoms with van der Waals surface area (Å²) in [6.45, 7) is 2.51. The minimum absolute atomic E-state index is 0.0984. The third-order valence-corrected chi connectivity index (χ3v) is 9.77. The van der Waals surface area contributed by atoms with Gasteiger partial charge < -0.3 is 24.0 Å². The van der Waals surface area contributed by atoms with Gasteiger partial charge in [0.25, 0.3) is 5.91 Å². The third-order valence-electron chi connectivity index (χ3n) is 9.03. The van der Waals surface area contributed by atoms with Crippen LogP contribution >= 0.6 is 23.2 Å². The quantitative estimate of drug-likeness (QED) is 0.154. The molecule has 1 amide bonds. The highest BCUT2D eigenvalue weighted by Crippen LogP contribution is 2.32. The van der Waals surface area contributed by atoms with E-state index < -0.39 is 12.7 Å². The summed E-state index contributed by atoms with van der Waals surface area (Å²) in [6, 6.07) is 17.8. The van der Waals surface area contributed by atoms with Crippen LogP contribution in [0.4, 0.5) is 19.1 Å². The number of amides is 1. The minimum atomic E-state index is -4.38. The molecule has 5 aromatic rings. The number of methoxy groups -OCH3 is 1. The number of anilines is 1. The number of carbonyl (C=O) groups is 1. The number of nitrogens with one attached hydrogen (secondary N) is 1. The molecule has 1 aliphatic heterocycles. The van der Waals surface area contributed by atoms with Crippen molar-refractivity contribution in [2.75, 3.05) is 58.3 Å². The van der Waals surface area contributed by atoms with Crippen LogP contribution < -0.4 is 9.64 Å². The second kappa shape index (κ2) is 15.3. The van der Waals surface area contributed by atoms with Gasteiger partial charge in [0.1, 0.15) is 18.0 Å². The van der Waals surface area contributed by atoms with Gasteiger partial charge in [0.2, 0.25) is 5.95 Å². The molecule has 1 fully saturated rings. The highest BCUT2D eigenvalue weighted by molar-refractivity contribution is 6.42. The maximum Gasteiger partial charge on any atom is 0.406 e. The van der Waals surface area contributed by atoms with E-state index in [0.29, 0.717) is 83.2 Å². The minimum Gasteiger partial charge on any atom is -0.496 e. The summed E-state index contributed by atoms with van der Waals surface area (Å²) >= 11 is 12.7. The molecule has 0 radical (unpaired) electrons. The molecule has 0 aliphatic carbocycles. The highest BCUT2D eigenvalue weighted by Gasteiger charge is 2.32. The largest absolute Gasteiger partial charge is 0.496 e. The summed E-state index contributed by atoms with van der Waals surface area (Å²) in [5.74, 6) is 0.462. The summed E-state index contributed by atoms with van der Waals surface area (Å²) < 4.78 is 47.7. The number of hydrogen-bond donors (Lipinski definition) is 1. The van der Waals surface area contributed by atoms with Crippen molar-refractivity contribution in [1.29, 1.82) is 0 Å². The molecule has 1 atom stereocenters. The summed E-state index contributed by atoms with van der Waals surface area (Å²) in [5.41, 5.74) is 3.67. The maximum atomic E-state index is 13.9. The number of aromatic amines is 1. The predicted octanol–water partition coefficient (Wildman–Crippen LogP) is 7.16. The van der Waals surface area contributed by atoms with E-state index in [4.69, 9.17) is 27.9 Å². The number of fused-ring (bicyclic) bond motifs is 1. The van der Waals surface area contributed by atoms with Crippen LogP contribution in [0.25, 0.3) is 22.3 Å². The molecule has 2 aromatic heterocycles. The van der Waals surface area contributed by atoms with Crippen molar-refractivity contribution >= 4 is 46.1 Å². The topological polar surface area (TPSA) is 95.4 Å². The fourth-order valence-corrected chi connectivity index (χ4v) is 6.80. The Balaban J connectivity index is 1.18. The van der Waals surface area contributed by atoms with E-state index in [1.165, 1.54) is 11.7 Å². The Morgan fingerprint density at radius 3 is 2.60 bits per heavy atom. The number of imidazole rings is 1. The molecule has 1 N–H and O–H groups in total. The number of H-pyrrole nitrogens is 1. The monoisotopic (exact) mass is 728 g/mol. The second-order valence-corrected chi connectivity index (χ2v) is 13.2. The van der Waals surface area contributed by atoms with E-state index in [9.17, 15) is 18.0 Å². The number of carbonyl (C=O) groups excluding carboxylic acids is 1. The molecule has 3 aromatic carbocycles. The molecule has 6 rings (SSSR count). The fourth-order valence-electron chi connectivity index (χ4n) is 6.50. The zero-order chi connectivity index (χ0) is 35.4. The van der Waals surface area contributed by atoms with Gasteiger partial charge in [0, 0.05) is 44.7 Å². The molecule has 264 valence electrons. The van der Waals surface area contributed by atoms with Gasteiger partial charge in [-0.25, -0.2) is 4.98 Å². The van der Waals surface area contributed by atoms with Crippen LogP contribution in [-0.2, 0) is 6.54 Å². The average Bonchev–Trinajstić information content (AvgIpc) is 3.70. The summed E-state index contributed by atoms with van der Waals surface area (Å²) in [6.07, 6.45) is -1.35. The number of benzene rings is 3. The number of aromatic nitrogens is 5. The van der Waals surface area contributed by atoms with Gasteiger partial charge in [-0.1, -0.05) is 41.4 Å². The first-order chi connectivity index (χ1) is 24.0. The van der Waals surface area contributed by atoms with Crippen molar-refractivity contribution < 1.29 is 22.7 Å². The number of hydrogen-bond acceptors (Lipinski definition) is 7. The molecule has 1 unspecified atom stereocenters. The van der Waals surface area contributed by atoms with Crippen molar-refractivity contribution in [3.8, 4) is 17.0 Å². The maximum absolute atomic E-state index is 13.9. The molecule has 0 saturated carbocycles. The van der Waals surface area contributed by atoms with Gasteiger partial charge in [0.15, 0.2) is 0 Å². The molecule has 3 heterocycles. The van der Waals surface area contributed by atoms with Gasteiger partial charge in [-0.2, -0.15) is 28.6 Å². The first kappa shape index (κ1) is 35.5. The van der Waals surface area contributed by atoms with Crippen molar-refractivity contribution in [2.45, 2.75) is 31.5 Å². The zero-order valence-electron chi connectivity index (χ0n) is 27.6. The molecule has 10 nitrogen and oxygen atoms in total. The van der Waals surface area contributed by atoms with Gasteiger partial charge in [-0.15, -0.1) is 0 Å². The van der Waals surface area contributed by atoms with E-state index in [0.717, 1.165) is 24.1 Å². The number of alkyl halides is 3. The van der Waals surface area contributed by atoms with E-state index in [2.05, 4.69) is 25.3 Å². The Morgan fingerprint density at radius 1 is 1.04 bits per heavy atom. The van der Waals surface area contributed by atoms with Crippen molar-refractivity contribution in [1.82, 2.24) is 34.8 Å².